The molecule has 0 radical (unpaired) electrons. The second kappa shape index (κ2) is 9.60. The molecule has 1 aromatic heterocycles. The molecule has 0 saturated heterocycles. The molecule has 1 N–H and O–H groups in total. The lowest BCUT2D eigenvalue weighted by Crippen LogP contribution is -2.20. The summed E-state index contributed by atoms with van der Waals surface area (Å²) in [5, 5.41) is 3.08. The van der Waals surface area contributed by atoms with Crippen LogP contribution in [0.2, 0.25) is 25.1 Å². The molecule has 0 saturated carbocycles. The highest BCUT2D eigenvalue weighted by Gasteiger charge is 2.21. The number of benzene rings is 2. The molecule has 152 valence electrons. The van der Waals surface area contributed by atoms with Gasteiger partial charge >= 0.3 is 0 Å². The van der Waals surface area contributed by atoms with Crippen molar-refractivity contribution in [2.45, 2.75) is 6.92 Å². The maximum absolute atomic E-state index is 12.3. The van der Waals surface area contributed by atoms with E-state index in [4.69, 9.17) is 62.7 Å². The number of nitrogens with zero attached hydrogens (tertiary/aromatic N) is 1. The van der Waals surface area contributed by atoms with E-state index in [-0.39, 0.29) is 37.5 Å². The van der Waals surface area contributed by atoms with Crippen LogP contribution in [0.1, 0.15) is 4.88 Å². The number of hydrogen-bond acceptors (Lipinski definition) is 4. The van der Waals surface area contributed by atoms with Crippen LogP contribution in [0.3, 0.4) is 0 Å². The van der Waals surface area contributed by atoms with E-state index in [1.165, 1.54) is 11.3 Å². The Hall–Kier alpha value is -0.730. The largest absolute Gasteiger partial charge is 0.481 e. The van der Waals surface area contributed by atoms with Gasteiger partial charge in [0, 0.05) is 14.9 Å². The summed E-state index contributed by atoms with van der Waals surface area (Å²) in [6.45, 7) is 1.55. The topological polar surface area (TPSA) is 51.2 Å². The van der Waals surface area contributed by atoms with E-state index in [0.717, 1.165) is 20.6 Å². The zero-order valence-corrected chi connectivity index (χ0v) is 20.6. The van der Waals surface area contributed by atoms with Crippen molar-refractivity contribution in [2.24, 2.45) is 0 Å². The zero-order valence-electron chi connectivity index (χ0n) is 14.5. The molecular formula is C18H10BrCl5N2O2S. The van der Waals surface area contributed by atoms with E-state index in [9.17, 15) is 4.79 Å². The van der Waals surface area contributed by atoms with Gasteiger partial charge in [0.2, 0.25) is 0 Å². The third-order valence-corrected chi connectivity index (χ3v) is 7.33. The first-order chi connectivity index (χ1) is 13.7. The number of ether oxygens (including phenoxy) is 1. The molecule has 1 amide bonds. The predicted molar refractivity (Wildman–Crippen MR) is 126 cm³/mol. The molecule has 0 atom stereocenters. The van der Waals surface area contributed by atoms with Crippen LogP contribution >= 0.6 is 85.3 Å². The molecule has 2 aromatic carbocycles. The van der Waals surface area contributed by atoms with Crippen molar-refractivity contribution in [3.8, 4) is 17.0 Å². The van der Waals surface area contributed by atoms with Gasteiger partial charge in [-0.05, 0) is 19.1 Å². The molecule has 4 nitrogen and oxygen atoms in total. The lowest BCUT2D eigenvalue weighted by atomic mass is 10.1. The van der Waals surface area contributed by atoms with E-state index in [0.29, 0.717) is 5.13 Å². The first-order valence-electron chi connectivity index (χ1n) is 7.86. The van der Waals surface area contributed by atoms with Gasteiger partial charge in [-0.15, -0.1) is 11.3 Å². The monoisotopic (exact) mass is 572 g/mol. The summed E-state index contributed by atoms with van der Waals surface area (Å²) < 4.78 is 6.39. The van der Waals surface area contributed by atoms with E-state index in [2.05, 4.69) is 26.2 Å². The summed E-state index contributed by atoms with van der Waals surface area (Å²) in [6, 6.07) is 7.74. The van der Waals surface area contributed by atoms with Crippen LogP contribution in [0.4, 0.5) is 5.13 Å². The van der Waals surface area contributed by atoms with Gasteiger partial charge in [-0.1, -0.05) is 86.1 Å². The minimum absolute atomic E-state index is 0.00664. The quantitative estimate of drug-likeness (QED) is 0.247. The summed E-state index contributed by atoms with van der Waals surface area (Å²) >= 11 is 34.9. The number of aromatic nitrogens is 1. The lowest BCUT2D eigenvalue weighted by molar-refractivity contribution is -0.118. The molecule has 0 spiro atoms. The Kier molecular flexibility index (Phi) is 7.60. The third kappa shape index (κ3) is 5.13. The number of aryl methyl sites for hydroxylation is 1. The van der Waals surface area contributed by atoms with E-state index < -0.39 is 5.91 Å². The number of thiazole rings is 1. The molecule has 29 heavy (non-hydrogen) atoms. The molecular weight excluding hydrogens is 565 g/mol. The van der Waals surface area contributed by atoms with Gasteiger partial charge in [0.05, 0.1) is 20.8 Å². The Morgan fingerprint density at radius 1 is 1.03 bits per heavy atom. The van der Waals surface area contributed by atoms with Crippen LogP contribution in [-0.2, 0) is 4.79 Å². The highest BCUT2D eigenvalue weighted by atomic mass is 79.9. The third-order valence-electron chi connectivity index (χ3n) is 3.68. The number of nitrogens with one attached hydrogen (secondary N) is 1. The first kappa shape index (κ1) is 22.9. The average Bonchev–Trinajstić information content (AvgIpc) is 3.05. The van der Waals surface area contributed by atoms with Crippen LogP contribution in [0.15, 0.2) is 28.7 Å². The van der Waals surface area contributed by atoms with Gasteiger partial charge in [0.25, 0.3) is 5.91 Å². The van der Waals surface area contributed by atoms with Crippen LogP contribution < -0.4 is 10.1 Å². The summed E-state index contributed by atoms with van der Waals surface area (Å²) in [6.07, 6.45) is 0. The van der Waals surface area contributed by atoms with Gasteiger partial charge in [-0.2, -0.15) is 0 Å². The van der Waals surface area contributed by atoms with Crippen molar-refractivity contribution >= 4 is 96.3 Å². The molecule has 0 unspecified atom stereocenters. The van der Waals surface area contributed by atoms with Crippen LogP contribution in [0, 0.1) is 6.92 Å². The number of carbonyl (C=O) groups is 1. The lowest BCUT2D eigenvalue weighted by Gasteiger charge is -2.13. The van der Waals surface area contributed by atoms with Crippen molar-refractivity contribution in [3.05, 3.63) is 58.7 Å². The molecule has 11 heteroatoms. The van der Waals surface area contributed by atoms with E-state index in [1.54, 1.807) is 0 Å². The Morgan fingerprint density at radius 2 is 1.59 bits per heavy atom. The fourth-order valence-corrected chi connectivity index (χ4v) is 4.68. The molecule has 1 heterocycles. The molecule has 0 fully saturated rings. The predicted octanol–water partition coefficient (Wildman–Crippen LogP) is 8.17. The van der Waals surface area contributed by atoms with Crippen molar-refractivity contribution in [2.75, 3.05) is 11.9 Å². The molecule has 3 aromatic rings. The van der Waals surface area contributed by atoms with Crippen LogP contribution in [0.5, 0.6) is 5.75 Å². The molecule has 0 aliphatic heterocycles. The average molecular weight is 576 g/mol. The number of halogens is 6. The summed E-state index contributed by atoms with van der Waals surface area (Å²) in [5.41, 5.74) is 1.74. The zero-order chi connectivity index (χ0) is 21.3. The number of carbonyl (C=O) groups excluding carboxylic acids is 1. The second-order valence-corrected chi connectivity index (χ2v) is 9.68. The summed E-state index contributed by atoms with van der Waals surface area (Å²) in [5.74, 6) is -0.468. The van der Waals surface area contributed by atoms with Crippen LogP contribution in [-0.4, -0.2) is 17.5 Å². The summed E-state index contributed by atoms with van der Waals surface area (Å²) in [4.78, 5) is 17.7. The molecule has 3 rings (SSSR count). The summed E-state index contributed by atoms with van der Waals surface area (Å²) in [7, 11) is 0. The number of anilines is 1. The number of amides is 1. The van der Waals surface area contributed by atoms with Crippen molar-refractivity contribution in [1.82, 2.24) is 4.98 Å². The smallest absolute Gasteiger partial charge is 0.264 e. The van der Waals surface area contributed by atoms with Gasteiger partial charge in [0.15, 0.2) is 17.5 Å². The van der Waals surface area contributed by atoms with E-state index in [1.807, 2.05) is 31.2 Å². The normalized spacial score (nSPS) is 10.9. The highest BCUT2D eigenvalue weighted by molar-refractivity contribution is 9.10. The van der Waals surface area contributed by atoms with Crippen LogP contribution in [0.25, 0.3) is 11.3 Å². The van der Waals surface area contributed by atoms with Gasteiger partial charge in [-0.25, -0.2) is 4.98 Å². The fourth-order valence-electron chi connectivity index (χ4n) is 2.33. The Balaban J connectivity index is 1.71. The molecule has 0 bridgehead atoms. The second-order valence-electron chi connectivity index (χ2n) is 5.67. The highest BCUT2D eigenvalue weighted by Crippen LogP contribution is 2.48. The van der Waals surface area contributed by atoms with Crippen molar-refractivity contribution in [3.63, 3.8) is 0 Å². The number of hydrogen-bond donors (Lipinski definition) is 1. The molecule has 0 aliphatic carbocycles. The minimum atomic E-state index is -0.449. The minimum Gasteiger partial charge on any atom is -0.481 e. The van der Waals surface area contributed by atoms with E-state index >= 15 is 0 Å². The van der Waals surface area contributed by atoms with Gasteiger partial charge < -0.3 is 4.74 Å². The standard InChI is InChI=1S/C18H10BrCl5N2O2S/c1-7-16(8-2-4-9(19)5-3-8)26-18(29-7)25-10(27)6-28-17-14(23)12(21)11(20)13(22)15(17)24/h2-5H,6H2,1H3,(H,25,26,27). The SMILES string of the molecule is Cc1sc(NC(=O)COc2c(Cl)c(Cl)c(Cl)c(Cl)c2Cl)nc1-c1ccc(Br)cc1. The van der Waals surface area contributed by atoms with Gasteiger partial charge in [-0.3, -0.25) is 10.1 Å². The van der Waals surface area contributed by atoms with Crippen molar-refractivity contribution < 1.29 is 9.53 Å². The fraction of sp³-hybridized carbons (Fsp3) is 0.111. The molecule has 0 aliphatic rings. The maximum atomic E-state index is 12.3. The van der Waals surface area contributed by atoms with Crippen molar-refractivity contribution in [1.29, 1.82) is 0 Å². The Labute approximate surface area is 204 Å². The first-order valence-corrected chi connectivity index (χ1v) is 11.4. The Morgan fingerprint density at radius 3 is 2.17 bits per heavy atom. The Bertz CT molecular complexity index is 1060. The van der Waals surface area contributed by atoms with Gasteiger partial charge in [0.1, 0.15) is 10.0 Å². The maximum Gasteiger partial charge on any atom is 0.264 e. The number of rotatable bonds is 5.